The van der Waals surface area contributed by atoms with E-state index in [1.54, 1.807) is 30.6 Å². The van der Waals surface area contributed by atoms with Gasteiger partial charge in [0.15, 0.2) is 11.6 Å². The summed E-state index contributed by atoms with van der Waals surface area (Å²) in [5.74, 6) is -0.0307. The van der Waals surface area contributed by atoms with Gasteiger partial charge in [-0.3, -0.25) is 4.98 Å². The summed E-state index contributed by atoms with van der Waals surface area (Å²) in [6, 6.07) is 8.53. The van der Waals surface area contributed by atoms with Crippen LogP contribution in [0.5, 0.6) is 5.75 Å². The smallest absolute Gasteiger partial charge is 0.185 e. The Hall–Kier alpha value is -3.22. The van der Waals surface area contributed by atoms with Gasteiger partial charge in [-0.1, -0.05) is 0 Å². The number of nitrogens with one attached hydrogen (secondary N) is 2. The highest BCUT2D eigenvalue weighted by Gasteiger charge is 2.20. The number of rotatable bonds is 3. The number of hydrogen-bond donors (Lipinski definition) is 2. The molecule has 0 aliphatic carbocycles. The number of anilines is 3. The number of nitrogens with zero attached hydrogens (tertiary/aromatic N) is 2. The molecule has 25 heavy (non-hydrogen) atoms. The Morgan fingerprint density at radius 1 is 1.08 bits per heavy atom. The van der Waals surface area contributed by atoms with E-state index in [1.165, 1.54) is 0 Å². The monoisotopic (exact) mass is 340 g/mol. The van der Waals surface area contributed by atoms with Crippen LogP contribution in [-0.4, -0.2) is 23.1 Å². The molecule has 7 heteroatoms. The van der Waals surface area contributed by atoms with Gasteiger partial charge in [-0.05, 0) is 36.4 Å². The molecule has 0 radical (unpaired) electrons. The van der Waals surface area contributed by atoms with Crippen molar-refractivity contribution in [1.29, 1.82) is 0 Å². The summed E-state index contributed by atoms with van der Waals surface area (Å²) < 4.78 is 33.4. The van der Waals surface area contributed by atoms with Crippen molar-refractivity contribution in [2.75, 3.05) is 23.8 Å². The summed E-state index contributed by atoms with van der Waals surface area (Å²) in [7, 11) is 0. The van der Waals surface area contributed by atoms with Crippen molar-refractivity contribution in [2.45, 2.75) is 0 Å². The molecule has 3 aromatic rings. The first kappa shape index (κ1) is 15.3. The lowest BCUT2D eigenvalue weighted by molar-refractivity contribution is 0.323. The molecule has 4 rings (SSSR count). The van der Waals surface area contributed by atoms with E-state index in [0.717, 1.165) is 23.9 Å². The summed E-state index contributed by atoms with van der Waals surface area (Å²) in [6.07, 6.45) is 3.31. The van der Waals surface area contributed by atoms with Crippen LogP contribution < -0.4 is 15.4 Å². The zero-order valence-electron chi connectivity index (χ0n) is 13.1. The predicted octanol–water partition coefficient (Wildman–Crippen LogP) is 3.97. The number of fused-ring (bicyclic) bond motifs is 1. The molecular weight excluding hydrogens is 326 g/mol. The molecule has 0 fully saturated rings. The Labute approximate surface area is 142 Å². The zero-order valence-corrected chi connectivity index (χ0v) is 13.1. The Kier molecular flexibility index (Phi) is 3.89. The van der Waals surface area contributed by atoms with E-state index < -0.39 is 11.6 Å². The molecule has 5 nitrogen and oxygen atoms in total. The first-order valence-electron chi connectivity index (χ1n) is 7.75. The van der Waals surface area contributed by atoms with Gasteiger partial charge in [-0.25, -0.2) is 13.8 Å². The van der Waals surface area contributed by atoms with E-state index in [1.807, 2.05) is 0 Å². The SMILES string of the molecule is Fc1ccc(F)c(-c2cc(Nc3ccncc3)c3c(n2)NCCO3)c1. The molecule has 0 spiro atoms. The van der Waals surface area contributed by atoms with Gasteiger partial charge in [-0.15, -0.1) is 0 Å². The lowest BCUT2D eigenvalue weighted by Crippen LogP contribution is -2.20. The van der Waals surface area contributed by atoms with Gasteiger partial charge < -0.3 is 15.4 Å². The molecule has 0 bridgehead atoms. The Morgan fingerprint density at radius 3 is 2.76 bits per heavy atom. The minimum Gasteiger partial charge on any atom is -0.486 e. The number of halogens is 2. The molecule has 0 saturated carbocycles. The largest absolute Gasteiger partial charge is 0.486 e. The molecule has 1 aliphatic rings. The number of hydrogen-bond acceptors (Lipinski definition) is 5. The van der Waals surface area contributed by atoms with E-state index in [9.17, 15) is 8.78 Å². The van der Waals surface area contributed by atoms with Crippen molar-refractivity contribution in [3.63, 3.8) is 0 Å². The van der Waals surface area contributed by atoms with Crippen molar-refractivity contribution in [1.82, 2.24) is 9.97 Å². The van der Waals surface area contributed by atoms with E-state index in [0.29, 0.717) is 36.1 Å². The second-order valence-corrected chi connectivity index (χ2v) is 5.49. The van der Waals surface area contributed by atoms with Gasteiger partial charge in [0.1, 0.15) is 18.2 Å². The van der Waals surface area contributed by atoms with Crippen molar-refractivity contribution in [3.8, 4) is 17.0 Å². The number of ether oxygens (including phenoxy) is 1. The molecule has 0 saturated heterocycles. The summed E-state index contributed by atoms with van der Waals surface area (Å²) in [5.41, 5.74) is 1.81. The minimum absolute atomic E-state index is 0.0907. The van der Waals surface area contributed by atoms with Crippen LogP contribution in [0, 0.1) is 11.6 Å². The fourth-order valence-electron chi connectivity index (χ4n) is 2.64. The molecule has 2 N–H and O–H groups in total. The Bertz CT molecular complexity index is 918. The van der Waals surface area contributed by atoms with Crippen LogP contribution in [0.15, 0.2) is 48.8 Å². The second kappa shape index (κ2) is 6.35. The van der Waals surface area contributed by atoms with Gasteiger partial charge in [0.05, 0.1) is 17.9 Å². The molecule has 0 atom stereocenters. The number of aromatic nitrogens is 2. The first-order chi connectivity index (χ1) is 12.2. The van der Waals surface area contributed by atoms with E-state index in [-0.39, 0.29) is 5.56 Å². The topological polar surface area (TPSA) is 59.1 Å². The van der Waals surface area contributed by atoms with Crippen LogP contribution in [0.3, 0.4) is 0 Å². The van der Waals surface area contributed by atoms with Gasteiger partial charge >= 0.3 is 0 Å². The van der Waals surface area contributed by atoms with Crippen LogP contribution in [0.4, 0.5) is 26.0 Å². The summed E-state index contributed by atoms with van der Waals surface area (Å²) >= 11 is 0. The standard InChI is InChI=1S/C18H14F2N4O/c19-11-1-2-14(20)13(9-11)15-10-16(23-12-3-5-21-6-4-12)17-18(24-15)22-7-8-25-17/h1-6,9-10H,7-8H2,(H2,21,22,23,24). The molecular formula is C18H14F2N4O. The van der Waals surface area contributed by atoms with Crippen molar-refractivity contribution < 1.29 is 13.5 Å². The highest BCUT2D eigenvalue weighted by atomic mass is 19.1. The highest BCUT2D eigenvalue weighted by molar-refractivity contribution is 5.79. The third-order valence-corrected chi connectivity index (χ3v) is 3.78. The van der Waals surface area contributed by atoms with E-state index in [2.05, 4.69) is 20.6 Å². The lowest BCUT2D eigenvalue weighted by Gasteiger charge is -2.22. The normalized spacial score (nSPS) is 12.7. The van der Waals surface area contributed by atoms with Gasteiger partial charge in [0.25, 0.3) is 0 Å². The third kappa shape index (κ3) is 3.08. The van der Waals surface area contributed by atoms with Crippen molar-refractivity contribution in [2.24, 2.45) is 0 Å². The molecule has 0 unspecified atom stereocenters. The van der Waals surface area contributed by atoms with Crippen molar-refractivity contribution in [3.05, 3.63) is 60.4 Å². The Balaban J connectivity index is 1.83. The van der Waals surface area contributed by atoms with Crippen LogP contribution >= 0.6 is 0 Å². The number of benzene rings is 1. The average Bonchev–Trinajstić information content (AvgIpc) is 2.64. The maximum atomic E-state index is 14.2. The van der Waals surface area contributed by atoms with Gasteiger partial charge in [0, 0.05) is 23.6 Å². The van der Waals surface area contributed by atoms with Crippen molar-refractivity contribution >= 4 is 17.2 Å². The minimum atomic E-state index is -0.541. The highest BCUT2D eigenvalue weighted by Crippen LogP contribution is 2.39. The second-order valence-electron chi connectivity index (χ2n) is 5.49. The lowest BCUT2D eigenvalue weighted by atomic mass is 10.1. The molecule has 2 aromatic heterocycles. The molecule has 1 aromatic carbocycles. The fraction of sp³-hybridized carbons (Fsp3) is 0.111. The predicted molar refractivity (Wildman–Crippen MR) is 91.1 cm³/mol. The third-order valence-electron chi connectivity index (χ3n) is 3.78. The summed E-state index contributed by atoms with van der Waals surface area (Å²) in [4.78, 5) is 8.37. The molecule has 3 heterocycles. The molecule has 0 amide bonds. The van der Waals surface area contributed by atoms with Gasteiger partial charge in [-0.2, -0.15) is 0 Å². The summed E-state index contributed by atoms with van der Waals surface area (Å²) in [6.45, 7) is 1.08. The van der Waals surface area contributed by atoms with E-state index >= 15 is 0 Å². The Morgan fingerprint density at radius 2 is 1.92 bits per heavy atom. The molecule has 126 valence electrons. The fourth-order valence-corrected chi connectivity index (χ4v) is 2.64. The van der Waals surface area contributed by atoms with Crippen LogP contribution in [0.1, 0.15) is 0 Å². The quantitative estimate of drug-likeness (QED) is 0.755. The van der Waals surface area contributed by atoms with Crippen LogP contribution in [0.25, 0.3) is 11.3 Å². The maximum Gasteiger partial charge on any atom is 0.185 e. The van der Waals surface area contributed by atoms with Gasteiger partial charge in [0.2, 0.25) is 0 Å². The number of pyridine rings is 2. The first-order valence-corrected chi connectivity index (χ1v) is 7.75. The average molecular weight is 340 g/mol. The molecule has 1 aliphatic heterocycles. The maximum absolute atomic E-state index is 14.2. The zero-order chi connectivity index (χ0) is 17.2. The van der Waals surface area contributed by atoms with Crippen LogP contribution in [0.2, 0.25) is 0 Å². The summed E-state index contributed by atoms with van der Waals surface area (Å²) in [5, 5.41) is 6.34. The van der Waals surface area contributed by atoms with Crippen LogP contribution in [-0.2, 0) is 0 Å². The van der Waals surface area contributed by atoms with E-state index in [4.69, 9.17) is 4.74 Å².